The second kappa shape index (κ2) is 6.93. The van der Waals surface area contributed by atoms with Gasteiger partial charge >= 0.3 is 0 Å². The van der Waals surface area contributed by atoms with E-state index in [-0.39, 0.29) is 6.10 Å². The van der Waals surface area contributed by atoms with E-state index >= 15 is 0 Å². The van der Waals surface area contributed by atoms with Crippen LogP contribution < -0.4 is 9.30 Å². The van der Waals surface area contributed by atoms with Crippen LogP contribution in [0.5, 0.6) is 5.75 Å². The van der Waals surface area contributed by atoms with E-state index in [1.165, 1.54) is 5.56 Å². The number of hydrogen-bond donors (Lipinski definition) is 0. The molecule has 108 valence electrons. The molecule has 0 saturated heterocycles. The topological polar surface area (TPSA) is 18.0 Å². The van der Waals surface area contributed by atoms with Gasteiger partial charge in [-0.05, 0) is 60.3 Å². The highest BCUT2D eigenvalue weighted by atomic mass is 79.9. The molecule has 1 aromatic carbocycles. The number of aryl methyl sites for hydroxylation is 3. The number of ether oxygens (including phenoxy) is 1. The molecule has 0 bridgehead atoms. The van der Waals surface area contributed by atoms with Crippen molar-refractivity contribution in [2.75, 3.05) is 0 Å². The number of benzene rings is 1. The molecule has 0 saturated carbocycles. The summed E-state index contributed by atoms with van der Waals surface area (Å²) in [5.74, 6) is 0.918. The summed E-state index contributed by atoms with van der Waals surface area (Å²) >= 11 is 3.58. The molecule has 2 aromatic rings. The Kier molecular flexibility index (Phi) is 5.24. The van der Waals surface area contributed by atoms with Crippen LogP contribution in [-0.2, 0) is 20.0 Å². The van der Waals surface area contributed by atoms with Gasteiger partial charge in [0.25, 0.3) is 0 Å². The average molecular weight is 338 g/mol. The summed E-state index contributed by atoms with van der Waals surface area (Å²) in [7, 11) is 2.04. The van der Waals surface area contributed by atoms with Crippen molar-refractivity contribution in [1.82, 2.24) is 4.57 Å². The molecule has 0 aliphatic carbocycles. The van der Waals surface area contributed by atoms with Gasteiger partial charge in [0.15, 0.2) is 0 Å². The van der Waals surface area contributed by atoms with E-state index in [9.17, 15) is 0 Å². The van der Waals surface area contributed by atoms with Crippen molar-refractivity contribution in [3.63, 3.8) is 0 Å². The molecular formula is C16H22BrN2O+. The maximum Gasteiger partial charge on any atom is 0.243 e. The van der Waals surface area contributed by atoms with Crippen molar-refractivity contribution in [3.05, 3.63) is 47.0 Å². The second-order valence-electron chi connectivity index (χ2n) is 5.35. The number of rotatable bonds is 6. The predicted molar refractivity (Wildman–Crippen MR) is 83.8 cm³/mol. The van der Waals surface area contributed by atoms with Crippen LogP contribution in [0.1, 0.15) is 25.8 Å². The van der Waals surface area contributed by atoms with E-state index in [0.717, 1.165) is 29.6 Å². The Morgan fingerprint density at radius 2 is 2.15 bits per heavy atom. The van der Waals surface area contributed by atoms with Crippen LogP contribution >= 0.6 is 15.9 Å². The van der Waals surface area contributed by atoms with E-state index < -0.39 is 0 Å². The first-order chi connectivity index (χ1) is 9.54. The number of halogens is 1. The first-order valence-corrected chi connectivity index (χ1v) is 7.80. The van der Waals surface area contributed by atoms with Gasteiger partial charge in [0.05, 0.1) is 24.2 Å². The van der Waals surface area contributed by atoms with Gasteiger partial charge in [-0.3, -0.25) is 0 Å². The summed E-state index contributed by atoms with van der Waals surface area (Å²) < 4.78 is 11.0. The Morgan fingerprint density at radius 3 is 2.75 bits per heavy atom. The lowest BCUT2D eigenvalue weighted by Gasteiger charge is -2.12. The quantitative estimate of drug-likeness (QED) is 0.738. The minimum Gasteiger partial charge on any atom is -0.490 e. The lowest BCUT2D eigenvalue weighted by atomic mass is 10.1. The Morgan fingerprint density at radius 1 is 1.35 bits per heavy atom. The fourth-order valence-electron chi connectivity index (χ4n) is 2.15. The summed E-state index contributed by atoms with van der Waals surface area (Å²) in [5, 5.41) is 0. The van der Waals surface area contributed by atoms with E-state index in [0.29, 0.717) is 0 Å². The Bertz CT molecular complexity index is 563. The van der Waals surface area contributed by atoms with E-state index in [1.807, 2.05) is 20.9 Å². The van der Waals surface area contributed by atoms with Crippen molar-refractivity contribution in [3.8, 4) is 5.75 Å². The van der Waals surface area contributed by atoms with Gasteiger partial charge in [0.1, 0.15) is 18.1 Å². The summed E-state index contributed by atoms with van der Waals surface area (Å²) in [6, 6.07) is 6.36. The molecule has 1 heterocycles. The summed E-state index contributed by atoms with van der Waals surface area (Å²) in [5.41, 5.74) is 1.34. The standard InChI is InChI=1S/C16H22BrN2O/c1-13(2)20-16-7-6-14(11-15(16)17)5-4-8-19-10-9-18(3)12-19/h6-7,9-13H,4-5,8H2,1-3H3/q+1. The highest BCUT2D eigenvalue weighted by Gasteiger charge is 2.05. The van der Waals surface area contributed by atoms with Crippen LogP contribution in [0.2, 0.25) is 0 Å². The van der Waals surface area contributed by atoms with Gasteiger partial charge < -0.3 is 4.74 Å². The van der Waals surface area contributed by atoms with E-state index in [4.69, 9.17) is 4.74 Å². The number of aromatic nitrogens is 2. The van der Waals surface area contributed by atoms with Crippen molar-refractivity contribution < 1.29 is 9.30 Å². The largest absolute Gasteiger partial charge is 0.490 e. The smallest absolute Gasteiger partial charge is 0.243 e. The maximum absolute atomic E-state index is 5.72. The van der Waals surface area contributed by atoms with Crippen LogP contribution in [-0.4, -0.2) is 10.7 Å². The molecule has 2 rings (SSSR count). The van der Waals surface area contributed by atoms with Gasteiger partial charge in [0, 0.05) is 0 Å². The van der Waals surface area contributed by atoms with Crippen molar-refractivity contribution in [2.45, 2.75) is 39.3 Å². The monoisotopic (exact) mass is 337 g/mol. The second-order valence-corrected chi connectivity index (χ2v) is 6.21. The molecule has 1 aromatic heterocycles. The third-order valence-electron chi connectivity index (χ3n) is 3.06. The zero-order valence-corrected chi connectivity index (χ0v) is 13.9. The molecule has 20 heavy (non-hydrogen) atoms. The zero-order valence-electron chi connectivity index (χ0n) is 12.3. The zero-order chi connectivity index (χ0) is 14.5. The SMILES string of the molecule is CC(C)Oc1ccc(CCCn2cc[n+](C)c2)cc1Br. The number of imidazole rings is 1. The molecule has 0 aliphatic rings. The normalized spacial score (nSPS) is 11.1. The van der Waals surface area contributed by atoms with Gasteiger partial charge in [0.2, 0.25) is 6.33 Å². The van der Waals surface area contributed by atoms with Crippen LogP contribution in [0.4, 0.5) is 0 Å². The van der Waals surface area contributed by atoms with Gasteiger partial charge in [-0.2, -0.15) is 0 Å². The third kappa shape index (κ3) is 4.37. The Balaban J connectivity index is 1.88. The first kappa shape index (κ1) is 15.1. The third-order valence-corrected chi connectivity index (χ3v) is 3.68. The van der Waals surface area contributed by atoms with Crippen molar-refractivity contribution in [2.24, 2.45) is 7.05 Å². The molecule has 0 N–H and O–H groups in total. The number of nitrogens with zero attached hydrogens (tertiary/aromatic N) is 2. The van der Waals surface area contributed by atoms with Crippen LogP contribution in [0.25, 0.3) is 0 Å². The molecule has 0 spiro atoms. The average Bonchev–Trinajstić information content (AvgIpc) is 2.78. The molecule has 0 radical (unpaired) electrons. The first-order valence-electron chi connectivity index (χ1n) is 7.00. The fraction of sp³-hybridized carbons (Fsp3) is 0.438. The minimum absolute atomic E-state index is 0.201. The molecule has 0 amide bonds. The van der Waals surface area contributed by atoms with Gasteiger partial charge in [-0.1, -0.05) is 6.07 Å². The molecule has 3 nitrogen and oxygen atoms in total. The Hall–Kier alpha value is -1.29. The fourth-order valence-corrected chi connectivity index (χ4v) is 2.67. The minimum atomic E-state index is 0.201. The van der Waals surface area contributed by atoms with Crippen LogP contribution in [0.15, 0.2) is 41.4 Å². The van der Waals surface area contributed by atoms with Crippen LogP contribution in [0.3, 0.4) is 0 Å². The van der Waals surface area contributed by atoms with Gasteiger partial charge in [-0.15, -0.1) is 0 Å². The van der Waals surface area contributed by atoms with Crippen molar-refractivity contribution >= 4 is 15.9 Å². The van der Waals surface area contributed by atoms with E-state index in [1.54, 1.807) is 0 Å². The summed E-state index contributed by atoms with van der Waals surface area (Å²) in [6.07, 6.45) is 8.68. The number of hydrogen-bond acceptors (Lipinski definition) is 1. The molecule has 0 unspecified atom stereocenters. The predicted octanol–water partition coefficient (Wildman–Crippen LogP) is 3.50. The molecule has 0 aliphatic heterocycles. The summed E-state index contributed by atoms with van der Waals surface area (Å²) in [4.78, 5) is 0. The maximum atomic E-state index is 5.72. The highest BCUT2D eigenvalue weighted by Crippen LogP contribution is 2.27. The van der Waals surface area contributed by atoms with Crippen molar-refractivity contribution in [1.29, 1.82) is 0 Å². The molecular weight excluding hydrogens is 316 g/mol. The molecule has 0 fully saturated rings. The molecule has 4 heteroatoms. The Labute approximate surface area is 129 Å². The van der Waals surface area contributed by atoms with Crippen LogP contribution in [0, 0.1) is 0 Å². The van der Waals surface area contributed by atoms with E-state index in [2.05, 4.69) is 62.0 Å². The lowest BCUT2D eigenvalue weighted by Crippen LogP contribution is -2.23. The molecule has 0 atom stereocenters. The summed E-state index contributed by atoms with van der Waals surface area (Å²) in [6.45, 7) is 5.12. The highest BCUT2D eigenvalue weighted by molar-refractivity contribution is 9.10. The lowest BCUT2D eigenvalue weighted by molar-refractivity contribution is -0.671. The van der Waals surface area contributed by atoms with Gasteiger partial charge in [-0.25, -0.2) is 9.13 Å².